The number of carbonyl (C=O) groups is 2. The average molecular weight is 405 g/mol. The van der Waals surface area contributed by atoms with Crippen LogP contribution in [0, 0.1) is 5.92 Å². The average Bonchev–Trinajstić information content (AvgIpc) is 3.37. The Morgan fingerprint density at radius 2 is 2.10 bits per heavy atom. The second kappa shape index (κ2) is 9.89. The van der Waals surface area contributed by atoms with Crippen LogP contribution >= 0.6 is 0 Å². The van der Waals surface area contributed by atoms with Crippen molar-refractivity contribution < 1.29 is 19.1 Å². The number of ether oxygens (including phenoxy) is 2. The van der Waals surface area contributed by atoms with Gasteiger partial charge in [0.25, 0.3) is 0 Å². The van der Waals surface area contributed by atoms with Gasteiger partial charge in [-0.1, -0.05) is 6.07 Å². The van der Waals surface area contributed by atoms with E-state index in [-0.39, 0.29) is 36.7 Å². The van der Waals surface area contributed by atoms with Crippen LogP contribution in [0.25, 0.3) is 0 Å². The standard InChI is InChI=1S/C20H31N5O4/c1-4-25(2)20(27)29-15-7-6-14(10-15)16-11-17(24-23-16)22-18(26)9-13-5-8-19(28-3)21-12-13/h5,8,12,14-17,23-24H,4,6-7,9-11H2,1-3H3,(H,22,26)/t14-,15+,16?,17?/m1/s1. The Morgan fingerprint density at radius 3 is 2.79 bits per heavy atom. The second-order valence-electron chi connectivity index (χ2n) is 7.73. The molecule has 9 nitrogen and oxygen atoms in total. The molecule has 1 aromatic rings. The maximum absolute atomic E-state index is 12.3. The molecule has 3 rings (SSSR count). The summed E-state index contributed by atoms with van der Waals surface area (Å²) < 4.78 is 10.6. The zero-order valence-electron chi connectivity index (χ0n) is 17.3. The van der Waals surface area contributed by atoms with Crippen LogP contribution in [-0.4, -0.2) is 60.9 Å². The molecule has 2 amide bonds. The van der Waals surface area contributed by atoms with Gasteiger partial charge in [-0.15, -0.1) is 0 Å². The summed E-state index contributed by atoms with van der Waals surface area (Å²) in [6, 6.07) is 3.83. The summed E-state index contributed by atoms with van der Waals surface area (Å²) in [5.41, 5.74) is 7.30. The molecule has 1 aliphatic heterocycles. The molecule has 0 spiro atoms. The van der Waals surface area contributed by atoms with Gasteiger partial charge in [-0.25, -0.2) is 15.2 Å². The van der Waals surface area contributed by atoms with Crippen LogP contribution in [0.1, 0.15) is 38.2 Å². The molecule has 9 heteroatoms. The molecule has 2 heterocycles. The zero-order chi connectivity index (χ0) is 20.8. The molecule has 1 aromatic heterocycles. The number of nitrogens with zero attached hydrogens (tertiary/aromatic N) is 2. The monoisotopic (exact) mass is 405 g/mol. The minimum Gasteiger partial charge on any atom is -0.481 e. The van der Waals surface area contributed by atoms with Crippen molar-refractivity contribution in [2.45, 2.75) is 57.3 Å². The van der Waals surface area contributed by atoms with Gasteiger partial charge in [-0.3, -0.25) is 10.2 Å². The Balaban J connectivity index is 1.40. The second-order valence-corrected chi connectivity index (χ2v) is 7.73. The highest BCUT2D eigenvalue weighted by atomic mass is 16.6. The van der Waals surface area contributed by atoms with Crippen LogP contribution in [0.2, 0.25) is 0 Å². The predicted octanol–water partition coefficient (Wildman–Crippen LogP) is 1.20. The molecular weight excluding hydrogens is 374 g/mol. The fraction of sp³-hybridized carbons (Fsp3) is 0.650. The summed E-state index contributed by atoms with van der Waals surface area (Å²) in [4.78, 5) is 29.9. The third-order valence-electron chi connectivity index (χ3n) is 5.69. The number of methoxy groups -OCH3 is 1. The van der Waals surface area contributed by atoms with E-state index >= 15 is 0 Å². The number of nitrogens with one attached hydrogen (secondary N) is 3. The Labute approximate surface area is 171 Å². The molecule has 1 saturated carbocycles. The number of hydrogen-bond acceptors (Lipinski definition) is 7. The highest BCUT2D eigenvalue weighted by molar-refractivity contribution is 5.78. The molecule has 4 atom stereocenters. The summed E-state index contributed by atoms with van der Waals surface area (Å²) in [6.07, 6.45) is 5.05. The largest absolute Gasteiger partial charge is 0.481 e. The number of rotatable bonds is 7. The first-order chi connectivity index (χ1) is 14.0. The van der Waals surface area contributed by atoms with E-state index in [4.69, 9.17) is 9.47 Å². The van der Waals surface area contributed by atoms with Crippen molar-refractivity contribution in [3.05, 3.63) is 23.9 Å². The first kappa shape index (κ1) is 21.3. The molecule has 3 N–H and O–H groups in total. The predicted molar refractivity (Wildman–Crippen MR) is 107 cm³/mol. The normalized spacial score (nSPS) is 26.2. The summed E-state index contributed by atoms with van der Waals surface area (Å²) in [7, 11) is 3.30. The molecule has 1 saturated heterocycles. The molecule has 0 radical (unpaired) electrons. The number of aromatic nitrogens is 1. The van der Waals surface area contributed by atoms with Gasteiger partial charge in [0.2, 0.25) is 11.8 Å². The number of pyridine rings is 1. The minimum atomic E-state index is -0.256. The highest BCUT2D eigenvalue weighted by Gasteiger charge is 2.37. The lowest BCUT2D eigenvalue weighted by Gasteiger charge is -2.20. The van der Waals surface area contributed by atoms with Crippen molar-refractivity contribution in [1.29, 1.82) is 0 Å². The summed E-state index contributed by atoms with van der Waals surface area (Å²) >= 11 is 0. The van der Waals surface area contributed by atoms with Gasteiger partial charge in [0.15, 0.2) is 0 Å². The van der Waals surface area contributed by atoms with E-state index in [2.05, 4.69) is 21.2 Å². The van der Waals surface area contributed by atoms with Gasteiger partial charge < -0.3 is 19.7 Å². The van der Waals surface area contributed by atoms with Crippen molar-refractivity contribution in [2.75, 3.05) is 20.7 Å². The molecule has 160 valence electrons. The maximum atomic E-state index is 12.3. The van der Waals surface area contributed by atoms with E-state index in [9.17, 15) is 9.59 Å². The third kappa shape index (κ3) is 5.80. The van der Waals surface area contributed by atoms with Crippen molar-refractivity contribution in [2.24, 2.45) is 5.92 Å². The van der Waals surface area contributed by atoms with Gasteiger partial charge in [-0.05, 0) is 44.1 Å². The van der Waals surface area contributed by atoms with Crippen molar-refractivity contribution >= 4 is 12.0 Å². The highest BCUT2D eigenvalue weighted by Crippen LogP contribution is 2.33. The van der Waals surface area contributed by atoms with E-state index in [0.717, 1.165) is 31.2 Å². The first-order valence-electron chi connectivity index (χ1n) is 10.2. The van der Waals surface area contributed by atoms with E-state index in [1.165, 1.54) is 0 Å². The number of hydrazine groups is 1. The van der Waals surface area contributed by atoms with Crippen LogP contribution in [0.5, 0.6) is 5.88 Å². The van der Waals surface area contributed by atoms with E-state index in [0.29, 0.717) is 18.3 Å². The van der Waals surface area contributed by atoms with Crippen molar-refractivity contribution in [3.8, 4) is 5.88 Å². The van der Waals surface area contributed by atoms with Crippen LogP contribution in [0.15, 0.2) is 18.3 Å². The van der Waals surface area contributed by atoms with E-state index in [1.54, 1.807) is 31.3 Å². The molecule has 1 aliphatic carbocycles. The fourth-order valence-electron chi connectivity index (χ4n) is 3.86. The molecular formula is C20H31N5O4. The van der Waals surface area contributed by atoms with Crippen molar-refractivity contribution in [3.63, 3.8) is 0 Å². The number of hydrogen-bond donors (Lipinski definition) is 3. The molecule has 0 aromatic carbocycles. The molecule has 0 bridgehead atoms. The zero-order valence-corrected chi connectivity index (χ0v) is 17.3. The van der Waals surface area contributed by atoms with E-state index < -0.39 is 0 Å². The number of amides is 2. The summed E-state index contributed by atoms with van der Waals surface area (Å²) in [5, 5.41) is 3.01. The van der Waals surface area contributed by atoms with Crippen molar-refractivity contribution in [1.82, 2.24) is 26.1 Å². The summed E-state index contributed by atoms with van der Waals surface area (Å²) in [6.45, 7) is 2.56. The van der Waals surface area contributed by atoms with Crippen LogP contribution in [0.4, 0.5) is 4.79 Å². The Hall–Kier alpha value is -2.39. The van der Waals surface area contributed by atoms with E-state index in [1.807, 2.05) is 13.0 Å². The molecule has 2 fully saturated rings. The van der Waals surface area contributed by atoms with Gasteiger partial charge in [-0.2, -0.15) is 0 Å². The molecule has 29 heavy (non-hydrogen) atoms. The smallest absolute Gasteiger partial charge is 0.409 e. The van der Waals surface area contributed by atoms with Gasteiger partial charge in [0.1, 0.15) is 6.10 Å². The fourth-order valence-corrected chi connectivity index (χ4v) is 3.86. The first-order valence-corrected chi connectivity index (χ1v) is 10.2. The molecule has 2 unspecified atom stereocenters. The minimum absolute atomic E-state index is 0.0282. The topological polar surface area (TPSA) is 105 Å². The van der Waals surface area contributed by atoms with Gasteiger partial charge in [0.05, 0.1) is 19.7 Å². The van der Waals surface area contributed by atoms with Crippen LogP contribution in [-0.2, 0) is 16.0 Å². The lowest BCUT2D eigenvalue weighted by atomic mass is 9.96. The Bertz CT molecular complexity index is 699. The Kier molecular flexibility index (Phi) is 7.27. The maximum Gasteiger partial charge on any atom is 0.409 e. The van der Waals surface area contributed by atoms with Gasteiger partial charge >= 0.3 is 6.09 Å². The summed E-state index contributed by atoms with van der Waals surface area (Å²) in [5.74, 6) is 0.887. The Morgan fingerprint density at radius 1 is 1.28 bits per heavy atom. The third-order valence-corrected chi connectivity index (χ3v) is 5.69. The quantitative estimate of drug-likeness (QED) is 0.626. The number of carbonyl (C=O) groups excluding carboxylic acids is 2. The van der Waals surface area contributed by atoms with Crippen LogP contribution in [0.3, 0.4) is 0 Å². The van der Waals surface area contributed by atoms with Gasteiger partial charge in [0, 0.05) is 31.9 Å². The lowest BCUT2D eigenvalue weighted by Crippen LogP contribution is -2.45. The molecule has 2 aliphatic rings. The SMILES string of the molecule is CCN(C)C(=O)O[C@H]1CC[C@@H](C2CC(NC(=O)Cc3ccc(OC)nc3)NN2)C1. The van der Waals surface area contributed by atoms with Crippen LogP contribution < -0.4 is 20.9 Å². The lowest BCUT2D eigenvalue weighted by molar-refractivity contribution is -0.121.